The minimum absolute atomic E-state index is 0.00933. The van der Waals surface area contributed by atoms with E-state index in [4.69, 9.17) is 0 Å². The smallest absolute Gasteiger partial charge is 0.318 e. The van der Waals surface area contributed by atoms with E-state index in [1.54, 1.807) is 4.90 Å². The number of hydrogen-bond donors (Lipinski definition) is 2. The summed E-state index contributed by atoms with van der Waals surface area (Å²) < 4.78 is 0. The number of hydrogen-bond acceptors (Lipinski definition) is 3. The highest BCUT2D eigenvalue weighted by Crippen LogP contribution is 2.51. The molecule has 0 saturated carbocycles. The summed E-state index contributed by atoms with van der Waals surface area (Å²) >= 11 is 0. The summed E-state index contributed by atoms with van der Waals surface area (Å²) in [6, 6.07) is 28.8. The van der Waals surface area contributed by atoms with Crippen LogP contribution in [0.5, 0.6) is 0 Å². The summed E-state index contributed by atoms with van der Waals surface area (Å²) in [5, 5.41) is 6.86. The second-order valence-corrected chi connectivity index (χ2v) is 10.7. The zero-order valence-electron chi connectivity index (χ0n) is 21.8. The molecule has 6 heteroatoms. The molecular formula is C32H36N4O2. The number of para-hydroxylation sites is 1. The Morgan fingerprint density at radius 3 is 2.37 bits per heavy atom. The molecule has 3 aromatic carbocycles. The first kappa shape index (κ1) is 24.5. The first-order chi connectivity index (χ1) is 18.7. The van der Waals surface area contributed by atoms with Crippen molar-refractivity contribution in [2.24, 2.45) is 5.92 Å². The van der Waals surface area contributed by atoms with Gasteiger partial charge >= 0.3 is 6.03 Å². The number of urea groups is 1. The third-order valence-electron chi connectivity index (χ3n) is 8.49. The van der Waals surface area contributed by atoms with Gasteiger partial charge in [-0.25, -0.2) is 4.79 Å². The number of rotatable bonds is 5. The molecule has 3 heterocycles. The molecule has 2 fully saturated rings. The number of anilines is 1. The van der Waals surface area contributed by atoms with Crippen LogP contribution in [0.4, 0.5) is 10.5 Å². The predicted octanol–water partition coefficient (Wildman–Crippen LogP) is 5.55. The fraction of sp³-hybridized carbons (Fsp3) is 0.375. The highest BCUT2D eigenvalue weighted by atomic mass is 16.2. The second kappa shape index (κ2) is 10.9. The van der Waals surface area contributed by atoms with Crippen LogP contribution < -0.4 is 10.6 Å². The van der Waals surface area contributed by atoms with Gasteiger partial charge in [0.2, 0.25) is 5.91 Å². The quantitative estimate of drug-likeness (QED) is 0.475. The number of carbonyl (C=O) groups excluding carboxylic acids is 2. The highest BCUT2D eigenvalue weighted by molar-refractivity contribution is 5.88. The summed E-state index contributed by atoms with van der Waals surface area (Å²) in [5.74, 6) is 0.381. The van der Waals surface area contributed by atoms with Gasteiger partial charge < -0.3 is 20.4 Å². The van der Waals surface area contributed by atoms with Crippen molar-refractivity contribution >= 4 is 17.6 Å². The van der Waals surface area contributed by atoms with Crippen LogP contribution in [0.15, 0.2) is 84.9 Å². The fourth-order valence-corrected chi connectivity index (χ4v) is 6.65. The first-order valence-electron chi connectivity index (χ1n) is 14.0. The molecule has 3 amide bonds. The number of fused-ring (bicyclic) bond motifs is 3. The van der Waals surface area contributed by atoms with Gasteiger partial charge in [-0.15, -0.1) is 0 Å². The van der Waals surface area contributed by atoms with Crippen molar-refractivity contribution in [3.63, 3.8) is 0 Å². The average molecular weight is 509 g/mol. The van der Waals surface area contributed by atoms with Crippen molar-refractivity contribution in [3.8, 4) is 0 Å². The Morgan fingerprint density at radius 1 is 0.816 bits per heavy atom. The monoisotopic (exact) mass is 508 g/mol. The Morgan fingerprint density at radius 2 is 1.55 bits per heavy atom. The Balaban J connectivity index is 1.21. The van der Waals surface area contributed by atoms with Crippen LogP contribution in [0.2, 0.25) is 0 Å². The van der Waals surface area contributed by atoms with E-state index >= 15 is 0 Å². The summed E-state index contributed by atoms with van der Waals surface area (Å²) in [6.07, 6.45) is 4.34. The molecule has 0 aliphatic carbocycles. The minimum atomic E-state index is -0.406. The molecule has 2 saturated heterocycles. The van der Waals surface area contributed by atoms with Gasteiger partial charge in [0.25, 0.3) is 0 Å². The number of carbonyl (C=O) groups is 2. The summed E-state index contributed by atoms with van der Waals surface area (Å²) in [6.45, 7) is 1.90. The molecular weight excluding hydrogens is 472 g/mol. The lowest BCUT2D eigenvalue weighted by atomic mass is 9.80. The summed E-state index contributed by atoms with van der Waals surface area (Å²) in [7, 11) is 0. The molecule has 6 rings (SSSR count). The van der Waals surface area contributed by atoms with Crippen molar-refractivity contribution < 1.29 is 9.59 Å². The molecule has 6 nitrogen and oxygen atoms in total. The van der Waals surface area contributed by atoms with E-state index in [2.05, 4.69) is 76.2 Å². The second-order valence-electron chi connectivity index (χ2n) is 10.7. The minimum Gasteiger partial charge on any atom is -0.378 e. The third kappa shape index (κ3) is 4.75. The molecule has 0 bridgehead atoms. The predicted molar refractivity (Wildman–Crippen MR) is 150 cm³/mol. The molecule has 0 spiro atoms. The van der Waals surface area contributed by atoms with Crippen LogP contribution in [-0.2, 0) is 11.2 Å². The standard InChI is InChI=1S/C32H36N4O2/c37-31(28-17-9-10-21-35(28)32(38)33-20-18-23-11-3-1-4-12-23)36-22-19-26-29(24-13-5-2-6-14-24)34-27-16-8-7-15-25(27)30(26)36/h1-8,11-16,26,28-30,34H,9-10,17-22H2,(H,33,38)/t26-,28?,29+,30+/m1/s1. The number of amides is 3. The van der Waals surface area contributed by atoms with Crippen molar-refractivity contribution in [1.82, 2.24) is 15.1 Å². The maximum absolute atomic E-state index is 14.2. The van der Waals surface area contributed by atoms with Gasteiger partial charge in [-0.2, -0.15) is 0 Å². The lowest BCUT2D eigenvalue weighted by Gasteiger charge is -2.42. The van der Waals surface area contributed by atoms with Crippen molar-refractivity contribution in [3.05, 3.63) is 102 Å². The molecule has 3 aliphatic heterocycles. The van der Waals surface area contributed by atoms with E-state index in [1.165, 1.54) is 16.7 Å². The van der Waals surface area contributed by atoms with E-state index in [9.17, 15) is 9.59 Å². The number of nitrogens with one attached hydrogen (secondary N) is 2. The van der Waals surface area contributed by atoms with Gasteiger partial charge in [-0.05, 0) is 54.9 Å². The van der Waals surface area contributed by atoms with Crippen molar-refractivity contribution in [1.29, 1.82) is 0 Å². The topological polar surface area (TPSA) is 64.7 Å². The number of likely N-dealkylation sites (tertiary alicyclic amines) is 2. The van der Waals surface area contributed by atoms with Crippen LogP contribution in [0.1, 0.15) is 54.5 Å². The highest BCUT2D eigenvalue weighted by Gasteiger charge is 2.48. The number of piperidine rings is 1. The van der Waals surface area contributed by atoms with Gasteiger partial charge in [0.1, 0.15) is 6.04 Å². The number of benzene rings is 3. The van der Waals surface area contributed by atoms with E-state index in [1.807, 2.05) is 24.3 Å². The van der Waals surface area contributed by atoms with Crippen LogP contribution in [-0.4, -0.2) is 47.4 Å². The lowest BCUT2D eigenvalue weighted by Crippen LogP contribution is -2.56. The Bertz CT molecular complexity index is 1260. The summed E-state index contributed by atoms with van der Waals surface area (Å²) in [5.41, 5.74) is 4.73. The largest absolute Gasteiger partial charge is 0.378 e. The molecule has 0 aromatic heterocycles. The first-order valence-corrected chi connectivity index (χ1v) is 14.0. The molecule has 0 radical (unpaired) electrons. The van der Waals surface area contributed by atoms with Gasteiger partial charge in [0.05, 0.1) is 12.1 Å². The zero-order valence-corrected chi connectivity index (χ0v) is 21.8. The van der Waals surface area contributed by atoms with Crippen LogP contribution in [0.25, 0.3) is 0 Å². The molecule has 2 N–H and O–H groups in total. The Labute approximate surface area is 225 Å². The van der Waals surface area contributed by atoms with E-state index in [0.717, 1.165) is 37.8 Å². The lowest BCUT2D eigenvalue weighted by molar-refractivity contribution is -0.138. The van der Waals surface area contributed by atoms with E-state index in [0.29, 0.717) is 19.6 Å². The maximum Gasteiger partial charge on any atom is 0.318 e. The van der Waals surface area contributed by atoms with Gasteiger partial charge in [0, 0.05) is 31.2 Å². The molecule has 1 unspecified atom stereocenters. The molecule has 3 aliphatic rings. The van der Waals surface area contributed by atoms with Crippen molar-refractivity contribution in [2.75, 3.05) is 25.0 Å². The molecule has 3 aromatic rings. The van der Waals surface area contributed by atoms with Crippen molar-refractivity contribution in [2.45, 2.75) is 50.2 Å². The normalized spacial score (nSPS) is 24.2. The van der Waals surface area contributed by atoms with E-state index in [-0.39, 0.29) is 29.9 Å². The van der Waals surface area contributed by atoms with Crippen LogP contribution >= 0.6 is 0 Å². The summed E-state index contributed by atoms with van der Waals surface area (Å²) in [4.78, 5) is 31.4. The molecule has 38 heavy (non-hydrogen) atoms. The maximum atomic E-state index is 14.2. The zero-order chi connectivity index (χ0) is 25.9. The van der Waals surface area contributed by atoms with Gasteiger partial charge in [0.15, 0.2) is 0 Å². The third-order valence-corrected chi connectivity index (χ3v) is 8.49. The van der Waals surface area contributed by atoms with Crippen LogP contribution in [0.3, 0.4) is 0 Å². The van der Waals surface area contributed by atoms with Gasteiger partial charge in [-0.3, -0.25) is 4.79 Å². The van der Waals surface area contributed by atoms with E-state index < -0.39 is 6.04 Å². The van der Waals surface area contributed by atoms with Gasteiger partial charge in [-0.1, -0.05) is 78.9 Å². The number of nitrogens with zero attached hydrogens (tertiary/aromatic N) is 2. The SMILES string of the molecule is O=C(NCCc1ccccc1)N1CCCCC1C(=O)N1CC[C@@H]2[C@H](c3ccccc3)Nc3ccccc3[C@@H]21. The molecule has 4 atom stereocenters. The average Bonchev–Trinajstić information content (AvgIpc) is 3.43. The Kier molecular flexibility index (Phi) is 7.04. The molecule has 196 valence electrons. The Hall–Kier alpha value is -3.80. The fourth-order valence-electron chi connectivity index (χ4n) is 6.65. The van der Waals surface area contributed by atoms with Crippen LogP contribution in [0, 0.1) is 5.92 Å².